The predicted octanol–water partition coefficient (Wildman–Crippen LogP) is 4.72. The molecule has 0 amide bonds. The van der Waals surface area contributed by atoms with Gasteiger partial charge < -0.3 is 4.52 Å². The van der Waals surface area contributed by atoms with Gasteiger partial charge >= 0.3 is 6.18 Å². The Morgan fingerprint density at radius 2 is 1.67 bits per heavy atom. The smallest absolute Gasteiger partial charge is 0.356 e. The average Bonchev–Trinajstić information content (AvgIpc) is 3.43. The fourth-order valence-electron chi connectivity index (χ4n) is 6.17. The van der Waals surface area contributed by atoms with Crippen molar-refractivity contribution in [2.45, 2.75) is 37.4 Å². The summed E-state index contributed by atoms with van der Waals surface area (Å²) in [4.78, 5) is 0. The molecule has 1 aromatic heterocycles. The van der Waals surface area contributed by atoms with Gasteiger partial charge in [-0.2, -0.15) is 30.6 Å². The van der Waals surface area contributed by atoms with Gasteiger partial charge in [-0.3, -0.25) is 0 Å². The van der Waals surface area contributed by atoms with E-state index in [9.17, 15) is 26.0 Å². The number of nitrogens with zero attached hydrogens (tertiary/aromatic N) is 2. The van der Waals surface area contributed by atoms with Crippen LogP contribution in [0.3, 0.4) is 0 Å². The van der Waals surface area contributed by atoms with Crippen LogP contribution in [-0.4, -0.2) is 42.7 Å². The predicted molar refractivity (Wildman–Crippen MR) is 123 cm³/mol. The van der Waals surface area contributed by atoms with Crippen molar-refractivity contribution in [2.24, 2.45) is 11.8 Å². The Kier molecular flexibility index (Phi) is 5.33. The highest BCUT2D eigenvalue weighted by Gasteiger charge is 2.60. The molecule has 3 atom stereocenters. The Bertz CT molecular complexity index is 1420. The van der Waals surface area contributed by atoms with Gasteiger partial charge in [0.1, 0.15) is 18.1 Å². The topological polar surface area (TPSA) is 75.4 Å². The van der Waals surface area contributed by atoms with Crippen molar-refractivity contribution in [3.63, 3.8) is 0 Å². The number of benzene rings is 2. The van der Waals surface area contributed by atoms with Crippen LogP contribution >= 0.6 is 0 Å². The second-order valence-electron chi connectivity index (χ2n) is 9.98. The van der Waals surface area contributed by atoms with Gasteiger partial charge in [0.2, 0.25) is 0 Å². The molecule has 1 spiro atoms. The number of rotatable bonds is 3. The third-order valence-corrected chi connectivity index (χ3v) is 9.42. The fraction of sp³-hybridized carbons (Fsp3) is 0.400. The second kappa shape index (κ2) is 8.12. The van der Waals surface area contributed by atoms with E-state index >= 15 is 0 Å². The summed E-state index contributed by atoms with van der Waals surface area (Å²) in [5.41, 5.74) is 3.28. The lowest BCUT2D eigenvalue weighted by Crippen LogP contribution is -2.52. The Morgan fingerprint density at radius 1 is 1.00 bits per heavy atom. The standard InChI is InChI=1S/C25H23F4N3O3S/c26-21-7-3-15(4-8-21)22-12-23(35-30-22)17-2-1-16-10-19-5-6-20(11-18(16)9-17)24(19)13-32(14-25(27,28)29)36(33,34)31-24/h1-4,7-9,12,19-20,31H,5-6,10-11,13-14H2/t19-,20+,24-/m1/s1. The molecule has 2 bridgehead atoms. The number of fused-ring (bicyclic) bond motifs is 1. The molecule has 11 heteroatoms. The minimum atomic E-state index is -4.61. The summed E-state index contributed by atoms with van der Waals surface area (Å²) in [6.45, 7) is -1.66. The van der Waals surface area contributed by atoms with Crippen molar-refractivity contribution in [1.29, 1.82) is 0 Å². The molecular weight excluding hydrogens is 498 g/mol. The van der Waals surface area contributed by atoms with Crippen molar-refractivity contribution in [3.8, 4) is 22.6 Å². The molecule has 2 fully saturated rings. The first-order valence-electron chi connectivity index (χ1n) is 11.7. The van der Waals surface area contributed by atoms with E-state index in [0.717, 1.165) is 35.1 Å². The van der Waals surface area contributed by atoms with E-state index in [1.807, 2.05) is 18.2 Å². The van der Waals surface area contributed by atoms with Crippen LogP contribution in [0.4, 0.5) is 17.6 Å². The molecule has 1 aliphatic heterocycles. The molecule has 0 radical (unpaired) electrons. The number of alkyl halides is 3. The SMILES string of the molecule is O=S1(=O)N[C@]2(CN1CC(F)(F)F)[C@@H]1CC[C@H]2Cc2cc(-c3cc(-c4ccc(F)cc4)no3)ccc2C1. The lowest BCUT2D eigenvalue weighted by molar-refractivity contribution is -0.136. The molecule has 2 heterocycles. The Morgan fingerprint density at radius 3 is 2.36 bits per heavy atom. The Hall–Kier alpha value is -2.76. The van der Waals surface area contributed by atoms with Crippen LogP contribution in [0.5, 0.6) is 0 Å². The van der Waals surface area contributed by atoms with E-state index in [0.29, 0.717) is 28.6 Å². The summed E-state index contributed by atoms with van der Waals surface area (Å²) in [6.07, 6.45) is -1.95. The monoisotopic (exact) mass is 521 g/mol. The lowest BCUT2D eigenvalue weighted by atomic mass is 9.79. The largest absolute Gasteiger partial charge is 0.402 e. The molecule has 2 aromatic carbocycles. The van der Waals surface area contributed by atoms with Crippen LogP contribution in [0.1, 0.15) is 24.0 Å². The van der Waals surface area contributed by atoms with Gasteiger partial charge in [0, 0.05) is 23.7 Å². The molecule has 36 heavy (non-hydrogen) atoms. The summed E-state index contributed by atoms with van der Waals surface area (Å²) >= 11 is 0. The van der Waals surface area contributed by atoms with E-state index < -0.39 is 28.5 Å². The maximum Gasteiger partial charge on any atom is 0.402 e. The van der Waals surface area contributed by atoms with Crippen LogP contribution in [-0.2, 0) is 23.1 Å². The molecular formula is C25H23F4N3O3S. The molecule has 0 unspecified atom stereocenters. The van der Waals surface area contributed by atoms with Gasteiger partial charge in [-0.05, 0) is 79.0 Å². The molecule has 6 rings (SSSR count). The van der Waals surface area contributed by atoms with Crippen LogP contribution in [0.15, 0.2) is 53.1 Å². The van der Waals surface area contributed by atoms with E-state index in [4.69, 9.17) is 4.52 Å². The zero-order chi connectivity index (χ0) is 25.3. The van der Waals surface area contributed by atoms with Crippen LogP contribution in [0.2, 0.25) is 0 Å². The van der Waals surface area contributed by atoms with Crippen LogP contribution < -0.4 is 4.72 Å². The van der Waals surface area contributed by atoms with Gasteiger partial charge in [0.15, 0.2) is 5.76 Å². The van der Waals surface area contributed by atoms with Crippen LogP contribution in [0, 0.1) is 17.7 Å². The number of nitrogens with one attached hydrogen (secondary N) is 1. The number of hydrogen-bond donors (Lipinski definition) is 1. The maximum atomic E-state index is 13.2. The van der Waals surface area contributed by atoms with Crippen molar-refractivity contribution in [2.75, 3.05) is 13.1 Å². The Balaban J connectivity index is 1.29. The van der Waals surface area contributed by atoms with E-state index in [2.05, 4.69) is 9.88 Å². The summed E-state index contributed by atoms with van der Waals surface area (Å²) in [7, 11) is -4.22. The second-order valence-corrected chi connectivity index (χ2v) is 11.6. The molecule has 3 aliphatic rings. The summed E-state index contributed by atoms with van der Waals surface area (Å²) in [6, 6.07) is 13.6. The first-order chi connectivity index (χ1) is 17.0. The van der Waals surface area contributed by atoms with Gasteiger partial charge in [0.25, 0.3) is 10.2 Å². The van der Waals surface area contributed by atoms with Crippen molar-refractivity contribution >= 4 is 10.2 Å². The van der Waals surface area contributed by atoms with E-state index in [1.54, 1.807) is 18.2 Å². The molecule has 190 valence electrons. The lowest BCUT2D eigenvalue weighted by Gasteiger charge is -2.33. The normalized spacial score (nSPS) is 27.3. The third-order valence-electron chi connectivity index (χ3n) is 7.85. The average molecular weight is 522 g/mol. The zero-order valence-corrected chi connectivity index (χ0v) is 19.9. The Labute approximate surface area is 205 Å². The molecule has 1 N–H and O–H groups in total. The molecule has 2 aliphatic carbocycles. The van der Waals surface area contributed by atoms with Gasteiger partial charge in [-0.15, -0.1) is 0 Å². The minimum absolute atomic E-state index is 0.0852. The van der Waals surface area contributed by atoms with Gasteiger partial charge in [-0.1, -0.05) is 17.3 Å². The highest BCUT2D eigenvalue weighted by atomic mass is 32.2. The van der Waals surface area contributed by atoms with E-state index in [-0.39, 0.29) is 24.2 Å². The summed E-state index contributed by atoms with van der Waals surface area (Å²) < 4.78 is 86.6. The van der Waals surface area contributed by atoms with E-state index in [1.165, 1.54) is 12.1 Å². The number of aromatic nitrogens is 1. The van der Waals surface area contributed by atoms with Gasteiger partial charge in [-0.25, -0.2) is 4.39 Å². The quantitative estimate of drug-likeness (QED) is 0.506. The summed E-state index contributed by atoms with van der Waals surface area (Å²) in [5.74, 6) is 0.0000132. The number of halogens is 4. The molecule has 1 saturated heterocycles. The fourth-order valence-corrected chi connectivity index (χ4v) is 7.87. The molecule has 1 saturated carbocycles. The zero-order valence-electron chi connectivity index (χ0n) is 19.1. The first-order valence-corrected chi connectivity index (χ1v) is 13.2. The van der Waals surface area contributed by atoms with Gasteiger partial charge in [0.05, 0.1) is 5.54 Å². The molecule has 6 nitrogen and oxygen atoms in total. The third kappa shape index (κ3) is 4.03. The molecule has 3 aromatic rings. The van der Waals surface area contributed by atoms with Crippen molar-refractivity contribution in [3.05, 3.63) is 65.5 Å². The highest BCUT2D eigenvalue weighted by Crippen LogP contribution is 2.51. The maximum absolute atomic E-state index is 13.2. The summed E-state index contributed by atoms with van der Waals surface area (Å²) in [5, 5.41) is 4.10. The van der Waals surface area contributed by atoms with Crippen molar-refractivity contribution < 1.29 is 30.5 Å². The van der Waals surface area contributed by atoms with Crippen molar-refractivity contribution in [1.82, 2.24) is 14.2 Å². The minimum Gasteiger partial charge on any atom is -0.356 e. The highest BCUT2D eigenvalue weighted by molar-refractivity contribution is 7.87. The number of hydrogen-bond acceptors (Lipinski definition) is 4. The first kappa shape index (κ1) is 23.6. The van der Waals surface area contributed by atoms with Crippen LogP contribution in [0.25, 0.3) is 22.6 Å².